The van der Waals surface area contributed by atoms with Crippen molar-refractivity contribution >= 4 is 34.3 Å². The Morgan fingerprint density at radius 1 is 1.06 bits per heavy atom. The first kappa shape index (κ1) is 21.9. The number of anilines is 1. The van der Waals surface area contributed by atoms with Gasteiger partial charge in [-0.3, -0.25) is 14.3 Å². The highest BCUT2D eigenvalue weighted by molar-refractivity contribution is 8.00. The smallest absolute Gasteiger partial charge is 0.237 e. The number of aryl methyl sites for hydroxylation is 1. The third-order valence-electron chi connectivity index (χ3n) is 5.56. The van der Waals surface area contributed by atoms with Crippen molar-refractivity contribution in [3.05, 3.63) is 90.5 Å². The van der Waals surface area contributed by atoms with Gasteiger partial charge in [0, 0.05) is 11.6 Å². The first-order valence-corrected chi connectivity index (χ1v) is 11.8. The molecule has 0 aliphatic carbocycles. The van der Waals surface area contributed by atoms with Crippen LogP contribution in [0.25, 0.3) is 22.3 Å². The van der Waals surface area contributed by atoms with Crippen LogP contribution in [-0.2, 0) is 11.3 Å². The largest absolute Gasteiger partial charge is 0.469 e. The lowest BCUT2D eigenvalue weighted by Gasteiger charge is -2.15. The Morgan fingerprint density at radius 2 is 1.91 bits per heavy atom. The highest BCUT2D eigenvalue weighted by atomic mass is 32.2. The summed E-state index contributed by atoms with van der Waals surface area (Å²) in [5.74, 6) is 1.37. The first-order chi connectivity index (χ1) is 16.6. The Labute approximate surface area is 201 Å². The van der Waals surface area contributed by atoms with Crippen LogP contribution in [0.15, 0.2) is 88.8 Å². The molecule has 8 heteroatoms. The summed E-state index contributed by atoms with van der Waals surface area (Å²) in [5.41, 5.74) is 3.58. The maximum Gasteiger partial charge on any atom is 0.237 e. The summed E-state index contributed by atoms with van der Waals surface area (Å²) in [5, 5.41) is 13.1. The topological polar surface area (TPSA) is 85.8 Å². The number of aromatic nitrogens is 4. The molecule has 0 aliphatic heterocycles. The summed E-state index contributed by atoms with van der Waals surface area (Å²) in [4.78, 5) is 17.5. The number of nitrogens with zero attached hydrogens (tertiary/aromatic N) is 4. The van der Waals surface area contributed by atoms with E-state index in [-0.39, 0.29) is 5.91 Å². The number of furan rings is 1. The lowest BCUT2D eigenvalue weighted by atomic mass is 10.2. The highest BCUT2D eigenvalue weighted by Crippen LogP contribution is 2.30. The normalized spacial score (nSPS) is 12.1. The van der Waals surface area contributed by atoms with Gasteiger partial charge in [-0.15, -0.1) is 10.2 Å². The van der Waals surface area contributed by atoms with Crippen LogP contribution < -0.4 is 5.32 Å². The SMILES string of the molecule is Cc1occc1-c1nnc(SC(C)C(=O)Nc2cccc3ncccc23)n1Cc1ccccc1. The number of carbonyl (C=O) groups excluding carboxylic acids is 1. The molecule has 0 saturated heterocycles. The maximum absolute atomic E-state index is 13.1. The number of fused-ring (bicyclic) bond motifs is 1. The summed E-state index contributed by atoms with van der Waals surface area (Å²) in [7, 11) is 0. The number of hydrogen-bond donors (Lipinski definition) is 1. The van der Waals surface area contributed by atoms with Gasteiger partial charge in [0.15, 0.2) is 11.0 Å². The van der Waals surface area contributed by atoms with Crippen LogP contribution in [0, 0.1) is 6.92 Å². The van der Waals surface area contributed by atoms with E-state index in [9.17, 15) is 4.79 Å². The number of benzene rings is 2. The first-order valence-electron chi connectivity index (χ1n) is 10.9. The molecule has 0 bridgehead atoms. The number of rotatable bonds is 7. The van der Waals surface area contributed by atoms with Crippen molar-refractivity contribution in [2.45, 2.75) is 30.8 Å². The van der Waals surface area contributed by atoms with Crippen LogP contribution in [0.3, 0.4) is 0 Å². The fourth-order valence-corrected chi connectivity index (χ4v) is 4.61. The molecule has 3 aromatic heterocycles. The third-order valence-corrected chi connectivity index (χ3v) is 6.64. The van der Waals surface area contributed by atoms with Gasteiger partial charge in [-0.2, -0.15) is 0 Å². The zero-order valence-corrected chi connectivity index (χ0v) is 19.6. The fraction of sp³-hybridized carbons (Fsp3) is 0.154. The molecule has 0 fully saturated rings. The predicted molar refractivity (Wildman–Crippen MR) is 134 cm³/mol. The zero-order valence-electron chi connectivity index (χ0n) is 18.8. The summed E-state index contributed by atoms with van der Waals surface area (Å²) in [6, 6.07) is 21.5. The molecule has 3 heterocycles. The van der Waals surface area contributed by atoms with Crippen LogP contribution in [0.2, 0.25) is 0 Å². The molecule has 170 valence electrons. The Hall–Kier alpha value is -3.91. The van der Waals surface area contributed by atoms with Gasteiger partial charge in [0.1, 0.15) is 5.76 Å². The molecule has 7 nitrogen and oxygen atoms in total. The van der Waals surface area contributed by atoms with Crippen molar-refractivity contribution in [1.29, 1.82) is 0 Å². The molecule has 0 aliphatic rings. The van der Waals surface area contributed by atoms with Gasteiger partial charge in [-0.1, -0.05) is 48.2 Å². The minimum absolute atomic E-state index is 0.114. The van der Waals surface area contributed by atoms with Crippen molar-refractivity contribution in [3.8, 4) is 11.4 Å². The van der Waals surface area contributed by atoms with Gasteiger partial charge >= 0.3 is 0 Å². The van der Waals surface area contributed by atoms with E-state index in [4.69, 9.17) is 4.42 Å². The molecule has 1 N–H and O–H groups in total. The summed E-state index contributed by atoms with van der Waals surface area (Å²) >= 11 is 1.38. The average molecular weight is 470 g/mol. The lowest BCUT2D eigenvalue weighted by Crippen LogP contribution is -2.23. The van der Waals surface area contributed by atoms with Gasteiger partial charge in [0.25, 0.3) is 0 Å². The molecule has 5 aromatic rings. The minimum Gasteiger partial charge on any atom is -0.469 e. The molecule has 1 amide bonds. The monoisotopic (exact) mass is 469 g/mol. The molecule has 34 heavy (non-hydrogen) atoms. The number of pyridine rings is 1. The lowest BCUT2D eigenvalue weighted by molar-refractivity contribution is -0.115. The summed E-state index contributed by atoms with van der Waals surface area (Å²) in [6.07, 6.45) is 3.39. The molecule has 2 aromatic carbocycles. The van der Waals surface area contributed by atoms with E-state index < -0.39 is 5.25 Å². The van der Waals surface area contributed by atoms with Gasteiger partial charge in [-0.05, 0) is 49.7 Å². The highest BCUT2D eigenvalue weighted by Gasteiger charge is 2.23. The van der Waals surface area contributed by atoms with Crippen molar-refractivity contribution in [3.63, 3.8) is 0 Å². The number of thioether (sulfide) groups is 1. The Morgan fingerprint density at radius 3 is 2.71 bits per heavy atom. The van der Waals surface area contributed by atoms with Crippen LogP contribution in [0.1, 0.15) is 18.2 Å². The van der Waals surface area contributed by atoms with Crippen LogP contribution in [0.4, 0.5) is 5.69 Å². The van der Waals surface area contributed by atoms with Gasteiger partial charge in [-0.25, -0.2) is 0 Å². The molecule has 0 saturated carbocycles. The summed E-state index contributed by atoms with van der Waals surface area (Å²) < 4.78 is 7.53. The second kappa shape index (κ2) is 9.52. The predicted octanol–water partition coefficient (Wildman–Crippen LogP) is 5.56. The fourth-order valence-electron chi connectivity index (χ4n) is 3.76. The Kier molecular flexibility index (Phi) is 6.14. The van der Waals surface area contributed by atoms with Crippen molar-refractivity contribution in [2.75, 3.05) is 5.32 Å². The van der Waals surface area contributed by atoms with E-state index in [0.717, 1.165) is 33.5 Å². The molecule has 1 atom stereocenters. The second-order valence-corrected chi connectivity index (χ2v) is 9.20. The van der Waals surface area contributed by atoms with Crippen molar-refractivity contribution in [1.82, 2.24) is 19.7 Å². The van der Waals surface area contributed by atoms with E-state index in [1.165, 1.54) is 11.8 Å². The molecule has 1 unspecified atom stereocenters. The van der Waals surface area contributed by atoms with Crippen LogP contribution >= 0.6 is 11.8 Å². The Bertz CT molecular complexity index is 1440. The average Bonchev–Trinajstić information content (AvgIpc) is 3.45. The van der Waals surface area contributed by atoms with Gasteiger partial charge in [0.2, 0.25) is 5.91 Å². The number of amides is 1. The maximum atomic E-state index is 13.1. The van der Waals surface area contributed by atoms with Gasteiger partial charge in [0.05, 0.1) is 34.8 Å². The minimum atomic E-state index is -0.399. The van der Waals surface area contributed by atoms with E-state index in [1.54, 1.807) is 12.5 Å². The number of carbonyl (C=O) groups is 1. The third kappa shape index (κ3) is 4.45. The molecule has 5 rings (SSSR count). The second-order valence-electron chi connectivity index (χ2n) is 7.89. The summed E-state index contributed by atoms with van der Waals surface area (Å²) in [6.45, 7) is 4.35. The Balaban J connectivity index is 1.41. The van der Waals surface area contributed by atoms with Crippen LogP contribution in [0.5, 0.6) is 0 Å². The van der Waals surface area contributed by atoms with E-state index >= 15 is 0 Å². The van der Waals surface area contributed by atoms with E-state index in [0.29, 0.717) is 17.5 Å². The van der Waals surface area contributed by atoms with E-state index in [2.05, 4.69) is 32.6 Å². The standard InChI is InChI=1S/C26H23N5O2S/c1-17-20(13-15-33-17)24-29-30-26(31(24)16-19-8-4-3-5-9-19)34-18(2)25(32)28-23-12-6-11-22-21(23)10-7-14-27-22/h3-15,18H,16H2,1-2H3,(H,28,32). The van der Waals surface area contributed by atoms with E-state index in [1.807, 2.05) is 73.0 Å². The van der Waals surface area contributed by atoms with Crippen LogP contribution in [-0.4, -0.2) is 30.9 Å². The zero-order chi connectivity index (χ0) is 23.5. The molecule has 0 radical (unpaired) electrons. The molecular formula is C26H23N5O2S. The van der Waals surface area contributed by atoms with Gasteiger partial charge < -0.3 is 9.73 Å². The number of hydrogen-bond acceptors (Lipinski definition) is 6. The molecular weight excluding hydrogens is 446 g/mol. The van der Waals surface area contributed by atoms with Crippen molar-refractivity contribution < 1.29 is 9.21 Å². The molecule has 0 spiro atoms. The van der Waals surface area contributed by atoms with Crippen molar-refractivity contribution in [2.24, 2.45) is 0 Å². The number of nitrogens with one attached hydrogen (secondary N) is 1. The quantitative estimate of drug-likeness (QED) is 0.314.